The Morgan fingerprint density at radius 1 is 1.53 bits per heavy atom. The molecule has 0 saturated carbocycles. The van der Waals surface area contributed by atoms with Gasteiger partial charge in [0.05, 0.1) is 11.9 Å². The lowest BCUT2D eigenvalue weighted by Gasteiger charge is -2.26. The second-order valence-corrected chi connectivity index (χ2v) is 5.08. The number of nitrogen functional groups attached to an aromatic ring is 1. The largest absolute Gasteiger partial charge is 0.394 e. The predicted molar refractivity (Wildman–Crippen MR) is 72.3 cm³/mol. The second kappa shape index (κ2) is 5.14. The van der Waals surface area contributed by atoms with E-state index in [0.29, 0.717) is 11.7 Å². The zero-order valence-corrected chi connectivity index (χ0v) is 10.8. The number of nitrogens with zero attached hydrogens (tertiary/aromatic N) is 3. The molecule has 0 saturated heterocycles. The normalized spacial score (nSPS) is 12.4. The van der Waals surface area contributed by atoms with Gasteiger partial charge < -0.3 is 10.6 Å². The molecule has 0 bridgehead atoms. The Morgan fingerprint density at radius 2 is 2.35 bits per heavy atom. The lowest BCUT2D eigenvalue weighted by atomic mass is 10.2. The van der Waals surface area contributed by atoms with E-state index in [4.69, 9.17) is 5.73 Å². The van der Waals surface area contributed by atoms with Gasteiger partial charge in [0.1, 0.15) is 6.33 Å². The van der Waals surface area contributed by atoms with Crippen molar-refractivity contribution >= 4 is 22.8 Å². The summed E-state index contributed by atoms with van der Waals surface area (Å²) in [7, 11) is 2.01. The average Bonchev–Trinajstić information content (AvgIpc) is 2.81. The first-order valence-electron chi connectivity index (χ1n) is 5.49. The number of likely N-dealkylation sites (N-methyl/N-ethyl adjacent to an activating group) is 1. The molecule has 0 aromatic carbocycles. The van der Waals surface area contributed by atoms with Crippen LogP contribution in [0, 0.1) is 0 Å². The van der Waals surface area contributed by atoms with Crippen LogP contribution in [0.1, 0.15) is 11.8 Å². The van der Waals surface area contributed by atoms with Crippen LogP contribution in [0.2, 0.25) is 0 Å². The molecule has 2 aromatic rings. The van der Waals surface area contributed by atoms with Crippen LogP contribution in [-0.4, -0.2) is 23.1 Å². The minimum absolute atomic E-state index is 0.353. The van der Waals surface area contributed by atoms with Crippen molar-refractivity contribution in [3.63, 3.8) is 0 Å². The summed E-state index contributed by atoms with van der Waals surface area (Å²) < 4.78 is 0. The molecule has 2 N–H and O–H groups in total. The van der Waals surface area contributed by atoms with E-state index >= 15 is 0 Å². The van der Waals surface area contributed by atoms with Gasteiger partial charge in [-0.05, 0) is 18.4 Å². The molecule has 4 nitrogen and oxygen atoms in total. The number of hydrogen-bond acceptors (Lipinski definition) is 5. The van der Waals surface area contributed by atoms with Gasteiger partial charge in [-0.15, -0.1) is 11.3 Å². The first-order chi connectivity index (χ1) is 8.18. The quantitative estimate of drug-likeness (QED) is 0.901. The molecule has 2 aromatic heterocycles. The molecule has 0 amide bonds. The molecule has 0 radical (unpaired) electrons. The molecule has 1 atom stereocenters. The number of hydrogen-bond donors (Lipinski definition) is 1. The number of aromatic nitrogens is 2. The third-order valence-corrected chi connectivity index (χ3v) is 3.69. The summed E-state index contributed by atoms with van der Waals surface area (Å²) in [6, 6.07) is 4.58. The van der Waals surface area contributed by atoms with Crippen molar-refractivity contribution in [1.82, 2.24) is 9.97 Å². The van der Waals surface area contributed by atoms with Crippen LogP contribution in [0.3, 0.4) is 0 Å². The van der Waals surface area contributed by atoms with Crippen molar-refractivity contribution in [3.05, 3.63) is 34.9 Å². The smallest absolute Gasteiger partial charge is 0.155 e. The monoisotopic (exact) mass is 248 g/mol. The standard InChI is InChI=1S/C12H16N4S/c1-9(6-10-4-3-5-17-10)16(2)12-11(13)7-14-8-15-12/h3-5,7-9H,6,13H2,1-2H3. The van der Waals surface area contributed by atoms with Gasteiger partial charge in [0.2, 0.25) is 0 Å². The van der Waals surface area contributed by atoms with Gasteiger partial charge in [-0.2, -0.15) is 0 Å². The Kier molecular flexibility index (Phi) is 3.58. The van der Waals surface area contributed by atoms with E-state index in [1.165, 1.54) is 11.2 Å². The highest BCUT2D eigenvalue weighted by molar-refractivity contribution is 7.09. The van der Waals surface area contributed by atoms with Crippen LogP contribution in [0.15, 0.2) is 30.0 Å². The zero-order valence-electron chi connectivity index (χ0n) is 10.00. The third kappa shape index (κ3) is 2.74. The lowest BCUT2D eigenvalue weighted by Crippen LogP contribution is -2.31. The van der Waals surface area contributed by atoms with Crippen molar-refractivity contribution < 1.29 is 0 Å². The summed E-state index contributed by atoms with van der Waals surface area (Å²) in [6.45, 7) is 2.17. The summed E-state index contributed by atoms with van der Waals surface area (Å²) in [5.41, 5.74) is 6.49. The first-order valence-corrected chi connectivity index (χ1v) is 6.37. The zero-order chi connectivity index (χ0) is 12.3. The Balaban J connectivity index is 2.09. The SMILES string of the molecule is CC(Cc1cccs1)N(C)c1ncncc1N. The minimum Gasteiger partial charge on any atom is -0.394 e. The van der Waals surface area contributed by atoms with Crippen LogP contribution < -0.4 is 10.6 Å². The molecule has 2 rings (SSSR count). The van der Waals surface area contributed by atoms with Gasteiger partial charge >= 0.3 is 0 Å². The molecule has 0 spiro atoms. The summed E-state index contributed by atoms with van der Waals surface area (Å²) in [5.74, 6) is 0.795. The molecular weight excluding hydrogens is 232 g/mol. The third-order valence-electron chi connectivity index (χ3n) is 2.79. The summed E-state index contributed by atoms with van der Waals surface area (Å²) in [4.78, 5) is 11.6. The molecular formula is C12H16N4S. The fraction of sp³-hybridized carbons (Fsp3) is 0.333. The first kappa shape index (κ1) is 11.9. The van der Waals surface area contributed by atoms with E-state index in [1.807, 2.05) is 7.05 Å². The number of thiophene rings is 1. The summed E-state index contributed by atoms with van der Waals surface area (Å²) in [6.07, 6.45) is 4.16. The Hall–Kier alpha value is -1.62. The van der Waals surface area contributed by atoms with Crippen molar-refractivity contribution in [2.45, 2.75) is 19.4 Å². The van der Waals surface area contributed by atoms with Crippen molar-refractivity contribution in [3.8, 4) is 0 Å². The Labute approximate surface area is 105 Å². The van der Waals surface area contributed by atoms with Gasteiger partial charge in [-0.3, -0.25) is 0 Å². The van der Waals surface area contributed by atoms with Crippen LogP contribution >= 0.6 is 11.3 Å². The van der Waals surface area contributed by atoms with E-state index < -0.39 is 0 Å². The fourth-order valence-corrected chi connectivity index (χ4v) is 2.52. The molecule has 0 aliphatic carbocycles. The Morgan fingerprint density at radius 3 is 3.00 bits per heavy atom. The van der Waals surface area contributed by atoms with Gasteiger partial charge in [0, 0.05) is 24.4 Å². The molecule has 0 fully saturated rings. The van der Waals surface area contributed by atoms with Crippen LogP contribution in [0.25, 0.3) is 0 Å². The van der Waals surface area contributed by atoms with Crippen LogP contribution in [-0.2, 0) is 6.42 Å². The average molecular weight is 248 g/mol. The predicted octanol–water partition coefficient (Wildman–Crippen LogP) is 2.19. The molecule has 17 heavy (non-hydrogen) atoms. The highest BCUT2D eigenvalue weighted by Crippen LogP contribution is 2.21. The maximum atomic E-state index is 5.87. The van der Waals surface area contributed by atoms with Gasteiger partial charge in [-0.25, -0.2) is 9.97 Å². The van der Waals surface area contributed by atoms with Crippen molar-refractivity contribution in [1.29, 1.82) is 0 Å². The number of anilines is 2. The van der Waals surface area contributed by atoms with E-state index in [1.54, 1.807) is 17.5 Å². The highest BCUT2D eigenvalue weighted by Gasteiger charge is 2.14. The van der Waals surface area contributed by atoms with E-state index in [2.05, 4.69) is 39.3 Å². The highest BCUT2D eigenvalue weighted by atomic mass is 32.1. The number of nitrogens with two attached hydrogens (primary N) is 1. The van der Waals surface area contributed by atoms with Crippen molar-refractivity contribution in [2.24, 2.45) is 0 Å². The van der Waals surface area contributed by atoms with E-state index in [0.717, 1.165) is 12.2 Å². The topological polar surface area (TPSA) is 55.0 Å². The fourth-order valence-electron chi connectivity index (χ4n) is 1.69. The van der Waals surface area contributed by atoms with E-state index in [-0.39, 0.29) is 0 Å². The molecule has 0 aliphatic rings. The maximum absolute atomic E-state index is 5.87. The minimum atomic E-state index is 0.353. The molecule has 90 valence electrons. The molecule has 1 unspecified atom stereocenters. The van der Waals surface area contributed by atoms with Gasteiger partial charge in [-0.1, -0.05) is 6.07 Å². The molecule has 2 heterocycles. The van der Waals surface area contributed by atoms with Crippen LogP contribution in [0.5, 0.6) is 0 Å². The molecule has 0 aliphatic heterocycles. The Bertz CT molecular complexity index is 469. The van der Waals surface area contributed by atoms with Crippen LogP contribution in [0.4, 0.5) is 11.5 Å². The van der Waals surface area contributed by atoms with Crippen molar-refractivity contribution in [2.75, 3.05) is 17.7 Å². The number of rotatable bonds is 4. The second-order valence-electron chi connectivity index (χ2n) is 4.05. The maximum Gasteiger partial charge on any atom is 0.155 e. The van der Waals surface area contributed by atoms with Gasteiger partial charge in [0.25, 0.3) is 0 Å². The summed E-state index contributed by atoms with van der Waals surface area (Å²) in [5, 5.41) is 2.10. The molecule has 5 heteroatoms. The van der Waals surface area contributed by atoms with E-state index in [9.17, 15) is 0 Å². The summed E-state index contributed by atoms with van der Waals surface area (Å²) >= 11 is 1.78. The lowest BCUT2D eigenvalue weighted by molar-refractivity contribution is 0.680. The van der Waals surface area contributed by atoms with Gasteiger partial charge in [0.15, 0.2) is 5.82 Å².